The van der Waals surface area contributed by atoms with Crippen molar-refractivity contribution in [3.8, 4) is 27.3 Å². The first-order valence-corrected chi connectivity index (χ1v) is 8.47. The zero-order valence-corrected chi connectivity index (χ0v) is 13.0. The van der Waals surface area contributed by atoms with Gasteiger partial charge in [0.1, 0.15) is 10.6 Å². The summed E-state index contributed by atoms with van der Waals surface area (Å²) in [5, 5.41) is 15.3. The maximum atomic E-state index is 12.3. The van der Waals surface area contributed by atoms with Crippen molar-refractivity contribution in [3.05, 3.63) is 63.6 Å². The Balaban J connectivity index is 2.07. The molecule has 0 radical (unpaired) electrons. The highest BCUT2D eigenvalue weighted by Crippen LogP contribution is 2.42. The Morgan fingerprint density at radius 1 is 1.00 bits per heavy atom. The SMILES string of the molecule is O=c1[nH]c2scc(-c3ccccc3)c2c(O)c1-c1cccs1. The number of aromatic amines is 1. The van der Waals surface area contributed by atoms with E-state index in [9.17, 15) is 9.90 Å². The quantitative estimate of drug-likeness (QED) is 0.562. The highest BCUT2D eigenvalue weighted by Gasteiger charge is 2.19. The summed E-state index contributed by atoms with van der Waals surface area (Å²) < 4.78 is 0. The highest BCUT2D eigenvalue weighted by atomic mass is 32.1. The molecule has 0 aliphatic heterocycles. The van der Waals surface area contributed by atoms with Crippen LogP contribution in [0.4, 0.5) is 0 Å². The molecule has 0 amide bonds. The minimum absolute atomic E-state index is 0.0568. The molecule has 0 saturated carbocycles. The first-order chi connectivity index (χ1) is 10.8. The Bertz CT molecular complexity index is 999. The lowest BCUT2D eigenvalue weighted by Gasteiger charge is -2.05. The second-order valence-corrected chi connectivity index (χ2v) is 6.70. The number of fused-ring (bicyclic) bond motifs is 1. The van der Waals surface area contributed by atoms with E-state index in [0.29, 0.717) is 15.8 Å². The molecule has 108 valence electrons. The number of aromatic nitrogens is 1. The van der Waals surface area contributed by atoms with Gasteiger partial charge in [-0.05, 0) is 17.0 Å². The molecule has 4 rings (SSSR count). The average molecular weight is 325 g/mol. The van der Waals surface area contributed by atoms with Crippen LogP contribution in [0.1, 0.15) is 0 Å². The molecule has 3 aromatic heterocycles. The van der Waals surface area contributed by atoms with Crippen molar-refractivity contribution in [2.24, 2.45) is 0 Å². The standard InChI is InChI=1S/C17H11NO2S2/c19-15-13-11(10-5-2-1-3-6-10)9-22-17(13)18-16(20)14(15)12-7-4-8-21-12/h1-9H,(H2,18,19,20). The van der Waals surface area contributed by atoms with E-state index in [4.69, 9.17) is 0 Å². The second kappa shape index (κ2) is 5.12. The van der Waals surface area contributed by atoms with Crippen LogP contribution >= 0.6 is 22.7 Å². The Kier molecular flexibility index (Phi) is 3.10. The van der Waals surface area contributed by atoms with Crippen LogP contribution in [-0.4, -0.2) is 10.1 Å². The van der Waals surface area contributed by atoms with Crippen molar-refractivity contribution >= 4 is 32.9 Å². The van der Waals surface area contributed by atoms with Gasteiger partial charge in [-0.1, -0.05) is 36.4 Å². The zero-order valence-electron chi connectivity index (χ0n) is 11.4. The van der Waals surface area contributed by atoms with Crippen molar-refractivity contribution in [1.82, 2.24) is 4.98 Å². The fourth-order valence-corrected chi connectivity index (χ4v) is 4.30. The predicted octanol–water partition coefficient (Wildman–Crippen LogP) is 4.69. The molecule has 0 spiro atoms. The molecular formula is C17H11NO2S2. The van der Waals surface area contributed by atoms with Crippen LogP contribution in [-0.2, 0) is 0 Å². The van der Waals surface area contributed by atoms with Gasteiger partial charge < -0.3 is 10.1 Å². The minimum atomic E-state index is -0.256. The molecule has 5 heteroatoms. The first kappa shape index (κ1) is 13.3. The number of rotatable bonds is 2. The lowest BCUT2D eigenvalue weighted by molar-refractivity contribution is 0.483. The number of H-pyrrole nitrogens is 1. The highest BCUT2D eigenvalue weighted by molar-refractivity contribution is 7.17. The van der Waals surface area contributed by atoms with Crippen molar-refractivity contribution in [3.63, 3.8) is 0 Å². The lowest BCUT2D eigenvalue weighted by atomic mass is 10.0. The van der Waals surface area contributed by atoms with Crippen LogP contribution in [0.15, 0.2) is 58.0 Å². The molecule has 0 unspecified atom stereocenters. The van der Waals surface area contributed by atoms with E-state index in [0.717, 1.165) is 16.0 Å². The van der Waals surface area contributed by atoms with Gasteiger partial charge in [0.15, 0.2) is 0 Å². The minimum Gasteiger partial charge on any atom is -0.506 e. The third kappa shape index (κ3) is 1.98. The summed E-state index contributed by atoms with van der Waals surface area (Å²) in [6, 6.07) is 13.6. The van der Waals surface area contributed by atoms with Crippen LogP contribution in [0.3, 0.4) is 0 Å². The third-order valence-electron chi connectivity index (χ3n) is 3.57. The van der Waals surface area contributed by atoms with E-state index in [2.05, 4.69) is 4.98 Å². The number of thiophene rings is 2. The number of hydrogen-bond donors (Lipinski definition) is 2. The molecule has 0 saturated heterocycles. The molecular weight excluding hydrogens is 314 g/mol. The first-order valence-electron chi connectivity index (χ1n) is 6.71. The summed E-state index contributed by atoms with van der Waals surface area (Å²) in [7, 11) is 0. The molecule has 0 atom stereocenters. The van der Waals surface area contributed by atoms with Gasteiger partial charge in [0.05, 0.1) is 10.9 Å². The molecule has 1 aromatic carbocycles. The van der Waals surface area contributed by atoms with Crippen LogP contribution in [0.2, 0.25) is 0 Å². The maximum absolute atomic E-state index is 12.3. The molecule has 0 aliphatic carbocycles. The summed E-state index contributed by atoms with van der Waals surface area (Å²) in [6.45, 7) is 0. The van der Waals surface area contributed by atoms with E-state index in [1.165, 1.54) is 22.7 Å². The third-order valence-corrected chi connectivity index (χ3v) is 5.35. The van der Waals surface area contributed by atoms with Crippen LogP contribution in [0.25, 0.3) is 31.8 Å². The van der Waals surface area contributed by atoms with E-state index >= 15 is 0 Å². The van der Waals surface area contributed by atoms with Crippen molar-refractivity contribution < 1.29 is 5.11 Å². The molecule has 2 N–H and O–H groups in total. The largest absolute Gasteiger partial charge is 0.506 e. The average Bonchev–Trinajstić information content (AvgIpc) is 3.17. The summed E-state index contributed by atoms with van der Waals surface area (Å²) in [4.78, 5) is 16.6. The number of hydrogen-bond acceptors (Lipinski definition) is 4. The number of benzene rings is 1. The predicted molar refractivity (Wildman–Crippen MR) is 92.9 cm³/mol. The summed E-state index contributed by atoms with van der Waals surface area (Å²) in [6.07, 6.45) is 0. The van der Waals surface area contributed by atoms with Crippen LogP contribution in [0, 0.1) is 0 Å². The van der Waals surface area contributed by atoms with Crippen molar-refractivity contribution in [1.29, 1.82) is 0 Å². The van der Waals surface area contributed by atoms with Gasteiger partial charge in [-0.2, -0.15) is 0 Å². The van der Waals surface area contributed by atoms with Crippen LogP contribution in [0.5, 0.6) is 5.75 Å². The smallest absolute Gasteiger partial charge is 0.261 e. The Morgan fingerprint density at radius 3 is 2.55 bits per heavy atom. The normalized spacial score (nSPS) is 11.1. The van der Waals surface area contributed by atoms with Crippen LogP contribution < -0.4 is 5.56 Å². The van der Waals surface area contributed by atoms with E-state index < -0.39 is 0 Å². The molecule has 22 heavy (non-hydrogen) atoms. The molecule has 0 aliphatic rings. The fourth-order valence-electron chi connectivity index (χ4n) is 2.56. The van der Waals surface area contributed by atoms with Gasteiger partial charge in [0.2, 0.25) is 0 Å². The monoisotopic (exact) mass is 325 g/mol. The molecule has 0 fully saturated rings. The number of pyridine rings is 1. The van der Waals surface area contributed by atoms with Gasteiger partial charge in [-0.25, -0.2) is 0 Å². The number of nitrogens with one attached hydrogen (secondary N) is 1. The maximum Gasteiger partial charge on any atom is 0.261 e. The molecule has 4 aromatic rings. The zero-order chi connectivity index (χ0) is 15.1. The number of aromatic hydroxyl groups is 1. The van der Waals surface area contributed by atoms with Crippen molar-refractivity contribution in [2.75, 3.05) is 0 Å². The summed E-state index contributed by atoms with van der Waals surface area (Å²) in [5.41, 5.74) is 2.05. The topological polar surface area (TPSA) is 53.1 Å². The van der Waals surface area contributed by atoms with Gasteiger partial charge in [0.25, 0.3) is 5.56 Å². The van der Waals surface area contributed by atoms with Gasteiger partial charge in [-0.3, -0.25) is 4.79 Å². The molecule has 3 nitrogen and oxygen atoms in total. The molecule has 3 heterocycles. The summed E-state index contributed by atoms with van der Waals surface area (Å²) >= 11 is 2.87. The van der Waals surface area contributed by atoms with Gasteiger partial charge in [-0.15, -0.1) is 22.7 Å². The van der Waals surface area contributed by atoms with E-state index in [-0.39, 0.29) is 11.3 Å². The Hall–Kier alpha value is -2.37. The molecule has 0 bridgehead atoms. The van der Waals surface area contributed by atoms with Gasteiger partial charge in [0, 0.05) is 15.8 Å². The van der Waals surface area contributed by atoms with E-state index in [1.54, 1.807) is 0 Å². The Labute approximate surface area is 134 Å². The van der Waals surface area contributed by atoms with Crippen molar-refractivity contribution in [2.45, 2.75) is 0 Å². The summed E-state index contributed by atoms with van der Waals surface area (Å²) in [5.74, 6) is 0.0568. The Morgan fingerprint density at radius 2 is 1.82 bits per heavy atom. The lowest BCUT2D eigenvalue weighted by Crippen LogP contribution is -2.07. The second-order valence-electron chi connectivity index (χ2n) is 4.87. The fraction of sp³-hybridized carbons (Fsp3) is 0. The van der Waals surface area contributed by atoms with Gasteiger partial charge >= 0.3 is 0 Å². The van der Waals surface area contributed by atoms with E-state index in [1.807, 2.05) is 53.2 Å².